The van der Waals surface area contributed by atoms with Crippen molar-refractivity contribution in [1.29, 1.82) is 0 Å². The zero-order valence-corrected chi connectivity index (χ0v) is 50.1. The van der Waals surface area contributed by atoms with Gasteiger partial charge in [-0.05, 0) is 109 Å². The van der Waals surface area contributed by atoms with Crippen molar-refractivity contribution < 1.29 is 28.6 Å². The Morgan fingerprint density at radius 1 is 0.267 bits per heavy atom. The van der Waals surface area contributed by atoms with Gasteiger partial charge < -0.3 is 14.2 Å². The van der Waals surface area contributed by atoms with Crippen molar-refractivity contribution >= 4 is 17.9 Å². The Bertz CT molecular complexity index is 1340. The predicted octanol–water partition coefficient (Wildman–Crippen LogP) is 22.3. The van der Waals surface area contributed by atoms with Crippen molar-refractivity contribution in [3.8, 4) is 0 Å². The van der Waals surface area contributed by atoms with E-state index in [-0.39, 0.29) is 31.1 Å². The van der Waals surface area contributed by atoms with Crippen LogP contribution in [0.4, 0.5) is 0 Å². The van der Waals surface area contributed by atoms with E-state index in [1.165, 1.54) is 205 Å². The number of hydrogen-bond donors (Lipinski definition) is 0. The monoisotopic (exact) mass is 1050 g/mol. The summed E-state index contributed by atoms with van der Waals surface area (Å²) in [5, 5.41) is 0. The van der Waals surface area contributed by atoms with Gasteiger partial charge in [0.2, 0.25) is 0 Å². The fourth-order valence-corrected chi connectivity index (χ4v) is 9.50. The van der Waals surface area contributed by atoms with Gasteiger partial charge in [0.25, 0.3) is 0 Å². The summed E-state index contributed by atoms with van der Waals surface area (Å²) < 4.78 is 16.9. The van der Waals surface area contributed by atoms with Crippen LogP contribution in [0.25, 0.3) is 0 Å². The van der Waals surface area contributed by atoms with Gasteiger partial charge >= 0.3 is 17.9 Å². The summed E-state index contributed by atoms with van der Waals surface area (Å²) in [6.45, 7) is 6.61. The van der Waals surface area contributed by atoms with Crippen LogP contribution in [0.3, 0.4) is 0 Å². The van der Waals surface area contributed by atoms with E-state index in [1.807, 2.05) is 0 Å². The lowest BCUT2D eigenvalue weighted by atomic mass is 10.0. The van der Waals surface area contributed by atoms with E-state index in [0.29, 0.717) is 19.3 Å². The van der Waals surface area contributed by atoms with Crippen molar-refractivity contribution in [1.82, 2.24) is 0 Å². The molecule has 0 aliphatic heterocycles. The van der Waals surface area contributed by atoms with Crippen LogP contribution in [-0.4, -0.2) is 37.2 Å². The van der Waals surface area contributed by atoms with Crippen LogP contribution >= 0.6 is 0 Å². The van der Waals surface area contributed by atoms with Gasteiger partial charge in [0.15, 0.2) is 6.10 Å². The lowest BCUT2D eigenvalue weighted by Gasteiger charge is -2.18. The van der Waals surface area contributed by atoms with Crippen LogP contribution in [0.15, 0.2) is 60.8 Å². The van der Waals surface area contributed by atoms with Gasteiger partial charge in [-0.15, -0.1) is 0 Å². The molecule has 0 amide bonds. The highest BCUT2D eigenvalue weighted by Crippen LogP contribution is 2.17. The maximum absolute atomic E-state index is 12.9. The van der Waals surface area contributed by atoms with E-state index in [2.05, 4.69) is 81.5 Å². The van der Waals surface area contributed by atoms with Crippen molar-refractivity contribution in [2.24, 2.45) is 0 Å². The average Bonchev–Trinajstić information content (AvgIpc) is 3.41. The highest BCUT2D eigenvalue weighted by atomic mass is 16.6. The lowest BCUT2D eigenvalue weighted by Crippen LogP contribution is -2.30. The van der Waals surface area contributed by atoms with Crippen LogP contribution < -0.4 is 0 Å². The Morgan fingerprint density at radius 2 is 0.480 bits per heavy atom. The van der Waals surface area contributed by atoms with Gasteiger partial charge in [-0.3, -0.25) is 14.4 Å². The third-order valence-corrected chi connectivity index (χ3v) is 14.5. The second kappa shape index (κ2) is 63.6. The van der Waals surface area contributed by atoms with Crippen LogP contribution in [0, 0.1) is 0 Å². The third kappa shape index (κ3) is 61.8. The smallest absolute Gasteiger partial charge is 0.306 e. The molecule has 0 bridgehead atoms. The predicted molar refractivity (Wildman–Crippen MR) is 325 cm³/mol. The first-order valence-corrected chi connectivity index (χ1v) is 32.8. The average molecular weight is 1050 g/mol. The molecule has 0 rings (SSSR count). The molecule has 0 aromatic rings. The van der Waals surface area contributed by atoms with Gasteiger partial charge in [-0.25, -0.2) is 0 Å². The van der Waals surface area contributed by atoms with E-state index >= 15 is 0 Å². The Balaban J connectivity index is 4.19. The lowest BCUT2D eigenvalue weighted by molar-refractivity contribution is -0.167. The molecule has 0 heterocycles. The molecule has 0 N–H and O–H groups in total. The number of carbonyl (C=O) groups is 3. The van der Waals surface area contributed by atoms with Crippen molar-refractivity contribution in [3.05, 3.63) is 60.8 Å². The summed E-state index contributed by atoms with van der Waals surface area (Å²) in [7, 11) is 0. The third-order valence-electron chi connectivity index (χ3n) is 14.5. The zero-order valence-electron chi connectivity index (χ0n) is 50.1. The molecule has 0 saturated heterocycles. The quantitative estimate of drug-likeness (QED) is 0.0261. The summed E-state index contributed by atoms with van der Waals surface area (Å²) in [5.41, 5.74) is 0. The minimum Gasteiger partial charge on any atom is -0.462 e. The van der Waals surface area contributed by atoms with E-state index in [0.717, 1.165) is 96.3 Å². The summed E-state index contributed by atoms with van der Waals surface area (Å²) in [5.74, 6) is -0.887. The Labute approximate surface area is 466 Å². The number of carbonyl (C=O) groups excluding carboxylic acids is 3. The summed E-state index contributed by atoms with van der Waals surface area (Å²) in [6.07, 6.45) is 81.0. The van der Waals surface area contributed by atoms with Gasteiger partial charge in [-0.2, -0.15) is 0 Å². The maximum atomic E-state index is 12.9. The Kier molecular flexibility index (Phi) is 61.2. The standard InChI is InChI=1S/C69H124O6/c1-4-7-10-13-16-19-22-25-27-29-30-31-32-33-34-35-36-37-38-39-40-41-43-44-47-50-53-56-59-62-68(71)74-65-66(64-73-67(70)61-58-55-52-49-46-24-21-18-15-12-9-6-3)75-69(72)63-60-57-54-51-48-45-42-28-26-23-20-17-14-11-8-5-2/h18,20-23,25,28-30,42,66H,4-17,19,24,26-27,31-41,43-65H2,1-3H3/b21-18-,23-20-,25-22-,30-29-,42-28-. The van der Waals surface area contributed by atoms with E-state index in [4.69, 9.17) is 14.2 Å². The second-order valence-corrected chi connectivity index (χ2v) is 22.0. The molecule has 0 aromatic carbocycles. The van der Waals surface area contributed by atoms with E-state index in [9.17, 15) is 14.4 Å². The molecule has 0 fully saturated rings. The van der Waals surface area contributed by atoms with Crippen LogP contribution in [0.1, 0.15) is 342 Å². The topological polar surface area (TPSA) is 78.9 Å². The molecular weight excluding hydrogens is 925 g/mol. The Hall–Kier alpha value is -2.89. The molecule has 436 valence electrons. The molecule has 0 radical (unpaired) electrons. The molecule has 75 heavy (non-hydrogen) atoms. The molecule has 0 aromatic heterocycles. The zero-order chi connectivity index (χ0) is 54.3. The van der Waals surface area contributed by atoms with E-state index < -0.39 is 6.10 Å². The van der Waals surface area contributed by atoms with Crippen LogP contribution in [0.2, 0.25) is 0 Å². The fraction of sp³-hybridized carbons (Fsp3) is 0.812. The van der Waals surface area contributed by atoms with Gasteiger partial charge in [0, 0.05) is 19.3 Å². The molecule has 0 spiro atoms. The fourth-order valence-electron chi connectivity index (χ4n) is 9.50. The molecular formula is C69H124O6. The number of allylic oxidation sites excluding steroid dienone is 10. The summed E-state index contributed by atoms with van der Waals surface area (Å²) >= 11 is 0. The highest BCUT2D eigenvalue weighted by Gasteiger charge is 2.19. The number of rotatable bonds is 60. The molecule has 0 saturated carbocycles. The SMILES string of the molecule is CCCCC/C=C\CCCCCCCC(=O)OCC(COC(=O)CCCCCCCCCCCCCCCCCCC/C=C\C/C=C\CCCCCCC)OC(=O)CCCCCCC/C=C\C/C=C\CCCCCC. The molecule has 1 atom stereocenters. The minimum atomic E-state index is -0.784. The highest BCUT2D eigenvalue weighted by molar-refractivity contribution is 5.71. The van der Waals surface area contributed by atoms with E-state index in [1.54, 1.807) is 0 Å². The van der Waals surface area contributed by atoms with Crippen molar-refractivity contribution in [2.45, 2.75) is 348 Å². The largest absolute Gasteiger partial charge is 0.462 e. The first kappa shape index (κ1) is 72.1. The van der Waals surface area contributed by atoms with Gasteiger partial charge in [0.1, 0.15) is 13.2 Å². The minimum absolute atomic E-state index is 0.0799. The summed E-state index contributed by atoms with van der Waals surface area (Å²) in [6, 6.07) is 0. The Morgan fingerprint density at radius 3 is 0.787 bits per heavy atom. The summed E-state index contributed by atoms with van der Waals surface area (Å²) in [4.78, 5) is 38.2. The molecule has 1 unspecified atom stereocenters. The number of ether oxygens (including phenoxy) is 3. The molecule has 6 nitrogen and oxygen atoms in total. The number of esters is 3. The second-order valence-electron chi connectivity index (χ2n) is 22.0. The number of hydrogen-bond acceptors (Lipinski definition) is 6. The van der Waals surface area contributed by atoms with Crippen LogP contribution in [0.5, 0.6) is 0 Å². The molecule has 6 heteroatoms. The maximum Gasteiger partial charge on any atom is 0.306 e. The normalized spacial score (nSPS) is 12.4. The van der Waals surface area contributed by atoms with Crippen molar-refractivity contribution in [2.75, 3.05) is 13.2 Å². The van der Waals surface area contributed by atoms with Gasteiger partial charge in [0.05, 0.1) is 0 Å². The van der Waals surface area contributed by atoms with Crippen molar-refractivity contribution in [3.63, 3.8) is 0 Å². The van der Waals surface area contributed by atoms with Crippen LogP contribution in [-0.2, 0) is 28.6 Å². The molecule has 0 aliphatic rings. The first-order valence-electron chi connectivity index (χ1n) is 32.8. The number of unbranched alkanes of at least 4 members (excludes halogenated alkanes) is 39. The van der Waals surface area contributed by atoms with Gasteiger partial charge in [-0.1, -0.05) is 274 Å². The molecule has 0 aliphatic carbocycles. The first-order chi connectivity index (χ1) is 37.0.